The van der Waals surface area contributed by atoms with Crippen molar-refractivity contribution in [1.82, 2.24) is 10.3 Å². The van der Waals surface area contributed by atoms with Crippen LogP contribution < -0.4 is 11.1 Å². The van der Waals surface area contributed by atoms with Gasteiger partial charge in [-0.1, -0.05) is 35.3 Å². The van der Waals surface area contributed by atoms with E-state index in [4.69, 9.17) is 33.7 Å². The molecular formula is C20H17Cl2N3O3. The number of carbonyl (C=O) groups is 2. The van der Waals surface area contributed by atoms with Crippen LogP contribution in [0.4, 0.5) is 0 Å². The van der Waals surface area contributed by atoms with Gasteiger partial charge in [-0.2, -0.15) is 0 Å². The molecule has 0 radical (unpaired) electrons. The van der Waals surface area contributed by atoms with Crippen molar-refractivity contribution in [2.75, 3.05) is 13.2 Å². The Hall–Kier alpha value is -2.54. The predicted octanol–water partition coefficient (Wildman–Crippen LogP) is 3.62. The SMILES string of the molecule is NC(=O)c1cccc(C2(NC(=O)c3cc4c(Cl)c(Cl)ccc4[nH]3)CCOC2)c1. The van der Waals surface area contributed by atoms with Crippen LogP contribution in [0, 0.1) is 0 Å². The van der Waals surface area contributed by atoms with E-state index >= 15 is 0 Å². The second kappa shape index (κ2) is 7.13. The Balaban J connectivity index is 1.69. The molecule has 2 amide bonds. The summed E-state index contributed by atoms with van der Waals surface area (Å²) in [5.41, 5.74) is 6.87. The highest BCUT2D eigenvalue weighted by molar-refractivity contribution is 6.45. The van der Waals surface area contributed by atoms with Crippen LogP contribution in [0.1, 0.15) is 32.8 Å². The summed E-state index contributed by atoms with van der Waals surface area (Å²) < 4.78 is 5.57. The minimum atomic E-state index is -0.749. The number of hydrogen-bond acceptors (Lipinski definition) is 3. The number of nitrogens with one attached hydrogen (secondary N) is 2. The Morgan fingerprint density at radius 1 is 1.18 bits per heavy atom. The standard InChI is InChI=1S/C20H17Cl2N3O3/c21-14-4-5-15-13(17(14)22)9-16(24-15)19(27)25-20(6-7-28-10-20)12-3-1-2-11(8-12)18(23)26/h1-5,8-9,24H,6-7,10H2,(H2,23,26)(H,25,27). The van der Waals surface area contributed by atoms with Gasteiger partial charge in [0.05, 0.1) is 22.2 Å². The molecule has 2 aromatic carbocycles. The van der Waals surface area contributed by atoms with Crippen LogP contribution in [0.2, 0.25) is 10.0 Å². The summed E-state index contributed by atoms with van der Waals surface area (Å²) in [5.74, 6) is -0.831. The van der Waals surface area contributed by atoms with Crippen molar-refractivity contribution in [3.63, 3.8) is 0 Å². The molecule has 1 aliphatic rings. The lowest BCUT2D eigenvalue weighted by Crippen LogP contribution is -2.46. The molecule has 1 atom stereocenters. The van der Waals surface area contributed by atoms with E-state index < -0.39 is 11.4 Å². The number of nitrogens with two attached hydrogens (primary N) is 1. The lowest BCUT2D eigenvalue weighted by molar-refractivity contribution is 0.0871. The maximum atomic E-state index is 13.0. The summed E-state index contributed by atoms with van der Waals surface area (Å²) in [6, 6.07) is 12.0. The normalized spacial score (nSPS) is 19.1. The number of aromatic amines is 1. The van der Waals surface area contributed by atoms with Crippen molar-refractivity contribution < 1.29 is 14.3 Å². The third kappa shape index (κ3) is 3.24. The number of halogens is 2. The molecule has 4 N–H and O–H groups in total. The van der Waals surface area contributed by atoms with Crippen LogP contribution in [0.15, 0.2) is 42.5 Å². The fraction of sp³-hybridized carbons (Fsp3) is 0.200. The lowest BCUT2D eigenvalue weighted by atomic mass is 9.87. The molecule has 1 aromatic heterocycles. The Morgan fingerprint density at radius 3 is 2.71 bits per heavy atom. The second-order valence-electron chi connectivity index (χ2n) is 6.79. The van der Waals surface area contributed by atoms with E-state index in [1.807, 2.05) is 6.07 Å². The number of H-pyrrole nitrogens is 1. The van der Waals surface area contributed by atoms with Crippen LogP contribution in [0.5, 0.6) is 0 Å². The van der Waals surface area contributed by atoms with E-state index in [9.17, 15) is 9.59 Å². The summed E-state index contributed by atoms with van der Waals surface area (Å²) in [7, 11) is 0. The third-order valence-electron chi connectivity index (χ3n) is 5.01. The molecular weight excluding hydrogens is 401 g/mol. The fourth-order valence-electron chi connectivity index (χ4n) is 3.48. The van der Waals surface area contributed by atoms with Crippen molar-refractivity contribution in [3.8, 4) is 0 Å². The van der Waals surface area contributed by atoms with Crippen LogP contribution in [-0.2, 0) is 10.3 Å². The van der Waals surface area contributed by atoms with E-state index in [-0.39, 0.29) is 5.91 Å². The predicted molar refractivity (Wildman–Crippen MR) is 108 cm³/mol. The van der Waals surface area contributed by atoms with Gasteiger partial charge >= 0.3 is 0 Å². The van der Waals surface area contributed by atoms with E-state index in [0.717, 1.165) is 5.56 Å². The highest BCUT2D eigenvalue weighted by Crippen LogP contribution is 2.33. The highest BCUT2D eigenvalue weighted by Gasteiger charge is 2.39. The number of carbonyl (C=O) groups excluding carboxylic acids is 2. The second-order valence-corrected chi connectivity index (χ2v) is 7.57. The smallest absolute Gasteiger partial charge is 0.268 e. The van der Waals surface area contributed by atoms with Gasteiger partial charge in [0.25, 0.3) is 5.91 Å². The minimum absolute atomic E-state index is 0.299. The molecule has 0 saturated carbocycles. The van der Waals surface area contributed by atoms with Crippen molar-refractivity contribution in [1.29, 1.82) is 0 Å². The van der Waals surface area contributed by atoms with E-state index in [1.165, 1.54) is 0 Å². The molecule has 0 spiro atoms. The van der Waals surface area contributed by atoms with Crippen molar-refractivity contribution >= 4 is 45.9 Å². The van der Waals surface area contributed by atoms with Gasteiger partial charge in [-0.15, -0.1) is 0 Å². The summed E-state index contributed by atoms with van der Waals surface area (Å²) in [6.07, 6.45) is 0.577. The first-order valence-corrected chi connectivity index (χ1v) is 9.42. The Bertz CT molecular complexity index is 1090. The van der Waals surface area contributed by atoms with E-state index in [0.29, 0.717) is 51.8 Å². The van der Waals surface area contributed by atoms with E-state index in [2.05, 4.69) is 10.3 Å². The molecule has 0 bridgehead atoms. The monoisotopic (exact) mass is 417 g/mol. The number of ether oxygens (including phenoxy) is 1. The molecule has 8 heteroatoms. The quantitative estimate of drug-likeness (QED) is 0.604. The number of hydrogen-bond donors (Lipinski definition) is 3. The van der Waals surface area contributed by atoms with E-state index in [1.54, 1.807) is 36.4 Å². The fourth-order valence-corrected chi connectivity index (χ4v) is 3.87. The first-order valence-electron chi connectivity index (χ1n) is 8.67. The molecule has 2 heterocycles. The van der Waals surface area contributed by atoms with Gasteiger partial charge in [-0.25, -0.2) is 0 Å². The maximum absolute atomic E-state index is 13.0. The Morgan fingerprint density at radius 2 is 2.00 bits per heavy atom. The van der Waals surface area contributed by atoms with Gasteiger partial charge in [-0.3, -0.25) is 9.59 Å². The first kappa shape index (κ1) is 18.8. The zero-order valence-electron chi connectivity index (χ0n) is 14.7. The maximum Gasteiger partial charge on any atom is 0.268 e. The largest absolute Gasteiger partial charge is 0.379 e. The summed E-state index contributed by atoms with van der Waals surface area (Å²) >= 11 is 12.3. The van der Waals surface area contributed by atoms with Crippen LogP contribution in [0.25, 0.3) is 10.9 Å². The number of fused-ring (bicyclic) bond motifs is 1. The molecule has 6 nitrogen and oxygen atoms in total. The molecule has 144 valence electrons. The summed E-state index contributed by atoms with van der Waals surface area (Å²) in [5, 5.41) is 4.55. The van der Waals surface area contributed by atoms with Gasteiger partial charge in [-0.05, 0) is 35.9 Å². The van der Waals surface area contributed by atoms with Crippen molar-refractivity contribution in [3.05, 3.63) is 69.3 Å². The van der Waals surface area contributed by atoms with Gasteiger partial charge in [0, 0.05) is 29.5 Å². The molecule has 1 saturated heterocycles. The molecule has 28 heavy (non-hydrogen) atoms. The number of aromatic nitrogens is 1. The zero-order valence-corrected chi connectivity index (χ0v) is 16.2. The molecule has 1 aliphatic heterocycles. The van der Waals surface area contributed by atoms with Crippen molar-refractivity contribution in [2.24, 2.45) is 5.73 Å². The molecule has 1 fully saturated rings. The van der Waals surface area contributed by atoms with Crippen molar-refractivity contribution in [2.45, 2.75) is 12.0 Å². The molecule has 0 aliphatic carbocycles. The first-order chi connectivity index (χ1) is 13.4. The lowest BCUT2D eigenvalue weighted by Gasteiger charge is -2.29. The third-order valence-corrected chi connectivity index (χ3v) is 5.83. The number of rotatable bonds is 4. The average molecular weight is 418 g/mol. The minimum Gasteiger partial charge on any atom is -0.379 e. The summed E-state index contributed by atoms with van der Waals surface area (Å²) in [6.45, 7) is 0.795. The Labute approximate surface area is 170 Å². The van der Waals surface area contributed by atoms with Gasteiger partial charge in [0.1, 0.15) is 5.69 Å². The average Bonchev–Trinajstić information content (AvgIpc) is 3.33. The van der Waals surface area contributed by atoms with Crippen LogP contribution in [-0.4, -0.2) is 30.0 Å². The van der Waals surface area contributed by atoms with Gasteiger partial charge in [0.15, 0.2) is 0 Å². The number of amides is 2. The Kier molecular flexibility index (Phi) is 4.79. The number of benzene rings is 2. The molecule has 4 rings (SSSR count). The molecule has 3 aromatic rings. The summed E-state index contributed by atoms with van der Waals surface area (Å²) in [4.78, 5) is 27.6. The highest BCUT2D eigenvalue weighted by atomic mass is 35.5. The van der Waals surface area contributed by atoms with Crippen LogP contribution >= 0.6 is 23.2 Å². The van der Waals surface area contributed by atoms with Gasteiger partial charge < -0.3 is 20.8 Å². The van der Waals surface area contributed by atoms with Crippen LogP contribution in [0.3, 0.4) is 0 Å². The zero-order chi connectivity index (χ0) is 19.9. The topological polar surface area (TPSA) is 97.2 Å². The van der Waals surface area contributed by atoms with Gasteiger partial charge in [0.2, 0.25) is 5.91 Å². The molecule has 1 unspecified atom stereocenters. The number of primary amides is 1.